The molecule has 0 heterocycles. The van der Waals surface area contributed by atoms with E-state index in [4.69, 9.17) is 10.2 Å². The summed E-state index contributed by atoms with van der Waals surface area (Å²) in [4.78, 5) is 0. The smallest absolute Gasteiger partial charge is 0.0745 e. The van der Waals surface area contributed by atoms with Gasteiger partial charge in [0.25, 0.3) is 0 Å². The quantitative estimate of drug-likeness (QED) is 0.884. The van der Waals surface area contributed by atoms with Gasteiger partial charge >= 0.3 is 0 Å². The van der Waals surface area contributed by atoms with E-state index in [0.29, 0.717) is 13.2 Å². The van der Waals surface area contributed by atoms with Gasteiger partial charge in [0.05, 0.1) is 12.7 Å². The zero-order valence-electron chi connectivity index (χ0n) is 13.0. The van der Waals surface area contributed by atoms with E-state index < -0.39 is 0 Å². The third-order valence-electron chi connectivity index (χ3n) is 2.35. The maximum atomic E-state index is 8.43. The van der Waals surface area contributed by atoms with E-state index in [1.54, 1.807) is 14.0 Å². The average Bonchev–Trinajstić information content (AvgIpc) is 2.35. The lowest BCUT2D eigenvalue weighted by Crippen LogP contribution is -2.07. The van der Waals surface area contributed by atoms with E-state index in [9.17, 15) is 0 Å². The summed E-state index contributed by atoms with van der Waals surface area (Å²) in [5.41, 5.74) is 2.74. The Hall–Kier alpha value is -0.900. The molecule has 3 nitrogen and oxygen atoms in total. The van der Waals surface area contributed by atoms with Crippen LogP contribution >= 0.6 is 0 Å². The van der Waals surface area contributed by atoms with E-state index in [2.05, 4.69) is 49.8 Å². The lowest BCUT2D eigenvalue weighted by molar-refractivity contribution is 0.0765. The predicted molar refractivity (Wildman–Crippen MR) is 81.5 cm³/mol. The Bertz CT molecular complexity index is 262. The van der Waals surface area contributed by atoms with Crippen LogP contribution in [0.25, 0.3) is 0 Å². The molecule has 0 aliphatic heterocycles. The van der Waals surface area contributed by atoms with Crippen molar-refractivity contribution in [2.75, 3.05) is 20.3 Å². The number of hydrogen-bond donors (Lipinski definition) is 2. The number of aliphatic hydroxyl groups excluding tert-OH is 2. The van der Waals surface area contributed by atoms with E-state index in [0.717, 1.165) is 12.8 Å². The number of methoxy groups -OCH3 is 1. The van der Waals surface area contributed by atoms with Gasteiger partial charge in [-0.15, -0.1) is 0 Å². The first-order chi connectivity index (χ1) is 8.99. The molecule has 3 heteroatoms. The number of ether oxygens (including phenoxy) is 1. The summed E-state index contributed by atoms with van der Waals surface area (Å²) in [6.07, 6.45) is 1.71. The summed E-state index contributed by atoms with van der Waals surface area (Å²) in [6, 6.07) is 8.36. The molecule has 1 atom stereocenters. The van der Waals surface area contributed by atoms with Crippen LogP contribution in [0.3, 0.4) is 0 Å². The van der Waals surface area contributed by atoms with E-state index in [-0.39, 0.29) is 6.10 Å². The Balaban J connectivity index is 0. The minimum absolute atomic E-state index is 0.324. The first-order valence-corrected chi connectivity index (χ1v) is 6.79. The molecule has 0 aromatic heterocycles. The van der Waals surface area contributed by atoms with Crippen molar-refractivity contribution < 1.29 is 14.9 Å². The molecule has 0 bridgehead atoms. The predicted octanol–water partition coefficient (Wildman–Crippen LogP) is 3.10. The second-order valence-electron chi connectivity index (χ2n) is 4.47. The average molecular weight is 270 g/mol. The third-order valence-corrected chi connectivity index (χ3v) is 2.35. The highest BCUT2D eigenvalue weighted by molar-refractivity contribution is 5.23. The van der Waals surface area contributed by atoms with Crippen molar-refractivity contribution in [2.24, 2.45) is 0 Å². The fourth-order valence-corrected chi connectivity index (χ4v) is 1.06. The highest BCUT2D eigenvalue weighted by atomic mass is 16.5. The Labute approximate surface area is 118 Å². The topological polar surface area (TPSA) is 49.7 Å². The van der Waals surface area contributed by atoms with Gasteiger partial charge in [-0.05, 0) is 38.3 Å². The highest BCUT2D eigenvalue weighted by Crippen LogP contribution is 2.02. The van der Waals surface area contributed by atoms with Crippen LogP contribution in [-0.2, 0) is 4.74 Å². The van der Waals surface area contributed by atoms with Gasteiger partial charge in [-0.2, -0.15) is 0 Å². The molecule has 0 saturated carbocycles. The van der Waals surface area contributed by atoms with Crippen LogP contribution in [0.5, 0.6) is 0 Å². The SMILES string of the molecule is CCCCO.COCC(C)O.Cc1ccccc1C. The van der Waals surface area contributed by atoms with Gasteiger partial charge in [0.2, 0.25) is 0 Å². The summed E-state index contributed by atoms with van der Waals surface area (Å²) in [6.45, 7) is 8.75. The van der Waals surface area contributed by atoms with Crippen LogP contribution in [0, 0.1) is 13.8 Å². The third kappa shape index (κ3) is 17.1. The molecule has 0 saturated heterocycles. The lowest BCUT2D eigenvalue weighted by atomic mass is 10.1. The standard InChI is InChI=1S/C8H10.C4H10O2.C4H10O/c1-7-5-3-4-6-8(7)2;1-4(5)3-6-2;1-2-3-4-5/h3-6H,1-2H3;4-5H,3H2,1-2H3;5H,2-4H2,1H3. The lowest BCUT2D eigenvalue weighted by Gasteiger charge is -1.97. The molecule has 0 spiro atoms. The van der Waals surface area contributed by atoms with Crippen LogP contribution in [0.15, 0.2) is 24.3 Å². The van der Waals surface area contributed by atoms with Crippen LogP contribution in [0.2, 0.25) is 0 Å². The molecule has 2 N–H and O–H groups in total. The number of rotatable bonds is 4. The number of hydrogen-bond acceptors (Lipinski definition) is 3. The Morgan fingerprint density at radius 2 is 1.63 bits per heavy atom. The molecular weight excluding hydrogens is 240 g/mol. The van der Waals surface area contributed by atoms with Gasteiger partial charge in [-0.1, -0.05) is 37.6 Å². The molecule has 1 aromatic carbocycles. The number of aryl methyl sites for hydroxylation is 2. The maximum Gasteiger partial charge on any atom is 0.0745 e. The summed E-state index contributed by atoms with van der Waals surface area (Å²) in [5.74, 6) is 0. The zero-order valence-corrected chi connectivity index (χ0v) is 13.0. The van der Waals surface area contributed by atoms with Gasteiger partial charge in [-0.3, -0.25) is 0 Å². The Morgan fingerprint density at radius 3 is 1.74 bits per heavy atom. The summed E-state index contributed by atoms with van der Waals surface area (Å²) in [5, 5.41) is 16.5. The summed E-state index contributed by atoms with van der Waals surface area (Å²) < 4.78 is 4.55. The molecule has 1 aromatic rings. The van der Waals surface area contributed by atoms with Gasteiger partial charge in [-0.25, -0.2) is 0 Å². The largest absolute Gasteiger partial charge is 0.396 e. The van der Waals surface area contributed by atoms with Crippen molar-refractivity contribution in [1.82, 2.24) is 0 Å². The maximum absolute atomic E-state index is 8.43. The van der Waals surface area contributed by atoms with Crippen molar-refractivity contribution in [3.63, 3.8) is 0 Å². The van der Waals surface area contributed by atoms with Crippen molar-refractivity contribution >= 4 is 0 Å². The Kier molecular flexibility index (Phi) is 16.3. The van der Waals surface area contributed by atoms with Gasteiger partial charge < -0.3 is 14.9 Å². The number of benzene rings is 1. The zero-order chi connectivity index (χ0) is 15.1. The number of aliphatic hydroxyl groups is 2. The minimum Gasteiger partial charge on any atom is -0.396 e. The first-order valence-electron chi connectivity index (χ1n) is 6.79. The second-order valence-corrected chi connectivity index (χ2v) is 4.47. The van der Waals surface area contributed by atoms with Crippen molar-refractivity contribution in [2.45, 2.75) is 46.6 Å². The molecule has 0 radical (unpaired) electrons. The fraction of sp³-hybridized carbons (Fsp3) is 0.625. The van der Waals surface area contributed by atoms with Crippen molar-refractivity contribution in [3.8, 4) is 0 Å². The van der Waals surface area contributed by atoms with Crippen molar-refractivity contribution in [3.05, 3.63) is 35.4 Å². The van der Waals surface area contributed by atoms with E-state index in [1.807, 2.05) is 0 Å². The molecule has 1 unspecified atom stereocenters. The van der Waals surface area contributed by atoms with Crippen LogP contribution in [-0.4, -0.2) is 36.6 Å². The first kappa shape index (κ1) is 20.4. The molecule has 1 rings (SSSR count). The molecular formula is C16H30O3. The molecule has 0 aliphatic carbocycles. The van der Waals surface area contributed by atoms with Crippen LogP contribution < -0.4 is 0 Å². The van der Waals surface area contributed by atoms with E-state index in [1.165, 1.54) is 11.1 Å². The molecule has 19 heavy (non-hydrogen) atoms. The highest BCUT2D eigenvalue weighted by Gasteiger charge is 1.87. The number of unbranched alkanes of at least 4 members (excludes halogenated alkanes) is 1. The van der Waals surface area contributed by atoms with E-state index >= 15 is 0 Å². The second kappa shape index (κ2) is 15.2. The molecule has 0 amide bonds. The van der Waals surface area contributed by atoms with Crippen LogP contribution in [0.4, 0.5) is 0 Å². The monoisotopic (exact) mass is 270 g/mol. The van der Waals surface area contributed by atoms with Gasteiger partial charge in [0.15, 0.2) is 0 Å². The fourth-order valence-electron chi connectivity index (χ4n) is 1.06. The molecule has 0 fully saturated rings. The summed E-state index contributed by atoms with van der Waals surface area (Å²) >= 11 is 0. The van der Waals surface area contributed by atoms with Crippen LogP contribution in [0.1, 0.15) is 37.8 Å². The molecule has 0 aliphatic rings. The normalized spacial score (nSPS) is 10.7. The van der Waals surface area contributed by atoms with Crippen molar-refractivity contribution in [1.29, 1.82) is 0 Å². The minimum atomic E-state index is -0.324. The summed E-state index contributed by atoms with van der Waals surface area (Å²) in [7, 11) is 1.56. The van der Waals surface area contributed by atoms with Gasteiger partial charge in [0, 0.05) is 13.7 Å². The molecule has 112 valence electrons. The Morgan fingerprint density at radius 1 is 1.16 bits per heavy atom. The van der Waals surface area contributed by atoms with Gasteiger partial charge in [0.1, 0.15) is 0 Å².